The molecule has 11 heteroatoms. The van der Waals surface area contributed by atoms with E-state index in [9.17, 15) is 13.2 Å². The van der Waals surface area contributed by atoms with Crippen LogP contribution in [0.3, 0.4) is 0 Å². The number of carbonyl (C=O) groups is 1. The zero-order chi connectivity index (χ0) is 28.6. The third-order valence-corrected chi connectivity index (χ3v) is 9.99. The Hall–Kier alpha value is -3.86. The molecule has 5 heterocycles. The number of thiophene rings is 1. The van der Waals surface area contributed by atoms with E-state index in [0.717, 1.165) is 33.1 Å². The van der Waals surface area contributed by atoms with Crippen LogP contribution in [0.4, 0.5) is 5.69 Å². The average Bonchev–Trinajstić information content (AvgIpc) is 3.65. The molecule has 8 nitrogen and oxygen atoms in total. The summed E-state index contributed by atoms with van der Waals surface area (Å²) in [6, 6.07) is 20.2. The van der Waals surface area contributed by atoms with Crippen molar-refractivity contribution in [3.63, 3.8) is 0 Å². The Morgan fingerprint density at radius 3 is 2.66 bits per heavy atom. The highest BCUT2D eigenvalue weighted by atomic mass is 35.5. The molecule has 1 saturated heterocycles. The number of benzene rings is 1. The first-order valence-electron chi connectivity index (χ1n) is 13.1. The van der Waals surface area contributed by atoms with Gasteiger partial charge >= 0.3 is 0 Å². The maximum absolute atomic E-state index is 13.1. The number of anilines is 1. The number of hydrogen-bond acceptors (Lipinski definition) is 7. The van der Waals surface area contributed by atoms with Crippen LogP contribution in [0.5, 0.6) is 0 Å². The van der Waals surface area contributed by atoms with Gasteiger partial charge in [-0.3, -0.25) is 19.4 Å². The van der Waals surface area contributed by atoms with Crippen LogP contribution in [-0.4, -0.2) is 45.6 Å². The summed E-state index contributed by atoms with van der Waals surface area (Å²) >= 11 is 7.74. The molecular formula is C30H26ClN5O3S2. The molecule has 5 aromatic rings. The Balaban J connectivity index is 1.44. The van der Waals surface area contributed by atoms with Crippen LogP contribution in [-0.2, 0) is 16.3 Å². The fourth-order valence-electron chi connectivity index (χ4n) is 5.14. The molecule has 1 atom stereocenters. The Morgan fingerprint density at radius 1 is 1.07 bits per heavy atom. The number of aromatic nitrogens is 4. The van der Waals surface area contributed by atoms with Crippen molar-refractivity contribution in [2.45, 2.75) is 25.8 Å². The number of nitrogens with zero attached hydrogens (tertiary/aromatic N) is 4. The molecule has 1 aliphatic heterocycles. The zero-order valence-corrected chi connectivity index (χ0v) is 24.5. The molecule has 1 N–H and O–H groups in total. The summed E-state index contributed by atoms with van der Waals surface area (Å²) in [6.45, 7) is 1.87. The third kappa shape index (κ3) is 5.95. The van der Waals surface area contributed by atoms with Crippen LogP contribution >= 0.6 is 22.9 Å². The van der Waals surface area contributed by atoms with Crippen molar-refractivity contribution < 1.29 is 13.2 Å². The van der Waals surface area contributed by atoms with Crippen molar-refractivity contribution in [2.75, 3.05) is 16.8 Å². The van der Waals surface area contributed by atoms with Gasteiger partial charge in [-0.2, -0.15) is 5.10 Å². The molecule has 6 rings (SSSR count). The number of pyridine rings is 2. The summed E-state index contributed by atoms with van der Waals surface area (Å²) in [6.07, 6.45) is 4.31. The van der Waals surface area contributed by atoms with Gasteiger partial charge < -0.3 is 5.32 Å². The second-order valence-electron chi connectivity index (χ2n) is 10.0. The molecule has 1 amide bonds. The standard InChI is InChI=1S/C30H26ClN5O3S2/c1-19-15-22(10-13-32-19)34-30(37)21-6-4-5-20(16-21)17-24-28(26-8-9-27(31)40-26)35-36(23-11-14-41(38,39)18-23)29(24)25-7-2-3-12-33-25/h2-10,12-13,15-16,23H,11,14,17-18H2,1H3,(H,32,34,37). The van der Waals surface area contributed by atoms with Gasteiger partial charge in [-0.05, 0) is 67.4 Å². The quantitative estimate of drug-likeness (QED) is 0.236. The van der Waals surface area contributed by atoms with E-state index in [1.807, 2.05) is 66.2 Å². The van der Waals surface area contributed by atoms with E-state index in [0.29, 0.717) is 34.1 Å². The van der Waals surface area contributed by atoms with Crippen molar-refractivity contribution in [3.8, 4) is 22.0 Å². The van der Waals surface area contributed by atoms with Gasteiger partial charge in [0.15, 0.2) is 9.84 Å². The van der Waals surface area contributed by atoms with Crippen LogP contribution in [0, 0.1) is 6.92 Å². The molecule has 0 bridgehead atoms. The van der Waals surface area contributed by atoms with Crippen LogP contribution in [0.2, 0.25) is 4.34 Å². The molecular weight excluding hydrogens is 578 g/mol. The number of halogens is 1. The van der Waals surface area contributed by atoms with Crippen molar-refractivity contribution in [2.24, 2.45) is 0 Å². The fourth-order valence-corrected chi connectivity index (χ4v) is 7.88. The molecule has 1 aromatic carbocycles. The predicted octanol–water partition coefficient (Wildman–Crippen LogP) is 6.23. The van der Waals surface area contributed by atoms with E-state index in [4.69, 9.17) is 16.7 Å². The van der Waals surface area contributed by atoms with Gasteiger partial charge in [-0.15, -0.1) is 11.3 Å². The second kappa shape index (κ2) is 11.2. The van der Waals surface area contributed by atoms with E-state index in [2.05, 4.69) is 15.3 Å². The minimum Gasteiger partial charge on any atom is -0.322 e. The third-order valence-electron chi connectivity index (χ3n) is 7.00. The lowest BCUT2D eigenvalue weighted by Crippen LogP contribution is -2.14. The number of sulfone groups is 1. The monoisotopic (exact) mass is 603 g/mol. The predicted molar refractivity (Wildman–Crippen MR) is 162 cm³/mol. The Kier molecular flexibility index (Phi) is 7.46. The SMILES string of the molecule is Cc1cc(NC(=O)c2cccc(Cc3c(-c4ccc(Cl)s4)nn(C4CCS(=O)(=O)C4)c3-c3ccccn3)c2)ccn1. The molecule has 0 saturated carbocycles. The zero-order valence-electron chi connectivity index (χ0n) is 22.1. The van der Waals surface area contributed by atoms with E-state index in [1.165, 1.54) is 11.3 Å². The highest BCUT2D eigenvalue weighted by molar-refractivity contribution is 7.91. The summed E-state index contributed by atoms with van der Waals surface area (Å²) in [7, 11) is -3.16. The van der Waals surface area contributed by atoms with E-state index in [1.54, 1.807) is 24.5 Å². The first kappa shape index (κ1) is 27.3. The van der Waals surface area contributed by atoms with Gasteiger partial charge in [0.1, 0.15) is 5.69 Å². The van der Waals surface area contributed by atoms with Crippen molar-refractivity contribution in [3.05, 3.63) is 106 Å². The van der Waals surface area contributed by atoms with Crippen LogP contribution in [0.15, 0.2) is 79.1 Å². The minimum atomic E-state index is -3.16. The van der Waals surface area contributed by atoms with Gasteiger partial charge in [0.2, 0.25) is 0 Å². The Bertz CT molecular complexity index is 1850. The number of rotatable bonds is 7. The summed E-state index contributed by atoms with van der Waals surface area (Å²) in [5.74, 6) is -0.0644. The first-order valence-corrected chi connectivity index (χ1v) is 16.1. The van der Waals surface area contributed by atoms with Crippen molar-refractivity contribution >= 4 is 44.4 Å². The molecule has 0 radical (unpaired) electrons. The highest BCUT2D eigenvalue weighted by Gasteiger charge is 2.34. The normalized spacial score (nSPS) is 16.1. The highest BCUT2D eigenvalue weighted by Crippen LogP contribution is 2.40. The topological polar surface area (TPSA) is 107 Å². The van der Waals surface area contributed by atoms with E-state index >= 15 is 0 Å². The van der Waals surface area contributed by atoms with Crippen molar-refractivity contribution in [1.29, 1.82) is 0 Å². The molecule has 1 unspecified atom stereocenters. The average molecular weight is 604 g/mol. The summed E-state index contributed by atoms with van der Waals surface area (Å²) in [4.78, 5) is 22.8. The van der Waals surface area contributed by atoms with Crippen LogP contribution < -0.4 is 5.32 Å². The molecule has 4 aromatic heterocycles. The van der Waals surface area contributed by atoms with E-state index < -0.39 is 9.84 Å². The number of aryl methyl sites for hydroxylation is 1. The second-order valence-corrected chi connectivity index (χ2v) is 14.0. The lowest BCUT2D eigenvalue weighted by Gasteiger charge is -2.14. The van der Waals surface area contributed by atoms with E-state index in [-0.39, 0.29) is 23.5 Å². The molecule has 41 heavy (non-hydrogen) atoms. The minimum absolute atomic E-state index is 0.0305. The first-order chi connectivity index (χ1) is 19.8. The molecule has 0 spiro atoms. The summed E-state index contributed by atoms with van der Waals surface area (Å²) in [5, 5.41) is 7.96. The van der Waals surface area contributed by atoms with Crippen LogP contribution in [0.1, 0.15) is 39.6 Å². The number of amides is 1. The Labute approximate surface area is 247 Å². The largest absolute Gasteiger partial charge is 0.322 e. The van der Waals surface area contributed by atoms with Gasteiger partial charge in [-0.25, -0.2) is 8.42 Å². The molecule has 1 aliphatic rings. The van der Waals surface area contributed by atoms with Gasteiger partial charge in [0, 0.05) is 41.3 Å². The van der Waals surface area contributed by atoms with Gasteiger partial charge in [0.05, 0.1) is 38.1 Å². The van der Waals surface area contributed by atoms with Crippen LogP contribution in [0.25, 0.3) is 22.0 Å². The summed E-state index contributed by atoms with van der Waals surface area (Å²) < 4.78 is 27.4. The number of carbonyl (C=O) groups excluding carboxylic acids is 1. The molecule has 208 valence electrons. The fraction of sp³-hybridized carbons (Fsp3) is 0.200. The van der Waals surface area contributed by atoms with Crippen molar-refractivity contribution in [1.82, 2.24) is 19.7 Å². The maximum atomic E-state index is 13.1. The molecule has 1 fully saturated rings. The number of hydrogen-bond donors (Lipinski definition) is 1. The smallest absolute Gasteiger partial charge is 0.255 e. The lowest BCUT2D eigenvalue weighted by molar-refractivity contribution is 0.102. The Morgan fingerprint density at radius 2 is 1.95 bits per heavy atom. The maximum Gasteiger partial charge on any atom is 0.255 e. The lowest BCUT2D eigenvalue weighted by atomic mass is 9.98. The summed E-state index contributed by atoms with van der Waals surface area (Å²) in [5.41, 5.74) is 6.02. The molecule has 0 aliphatic carbocycles. The van der Waals surface area contributed by atoms with Gasteiger partial charge in [0.25, 0.3) is 5.91 Å². The van der Waals surface area contributed by atoms with Gasteiger partial charge in [-0.1, -0.05) is 29.8 Å². The number of nitrogens with one attached hydrogen (secondary N) is 1.